The molecule has 1 fully saturated rings. The van der Waals surface area contributed by atoms with Crippen LogP contribution in [0, 0.1) is 5.82 Å². The molecule has 0 unspecified atom stereocenters. The van der Waals surface area contributed by atoms with Crippen LogP contribution >= 0.6 is 0 Å². The molecule has 5 nitrogen and oxygen atoms in total. The molecular formula is C21H15FN2O3. The number of benzene rings is 2. The Labute approximate surface area is 154 Å². The Morgan fingerprint density at radius 2 is 1.81 bits per heavy atom. The summed E-state index contributed by atoms with van der Waals surface area (Å²) < 4.78 is 19.0. The van der Waals surface area contributed by atoms with Crippen molar-refractivity contribution in [3.63, 3.8) is 0 Å². The predicted molar refractivity (Wildman–Crippen MR) is 97.6 cm³/mol. The molecule has 134 valence electrons. The molecule has 6 heteroatoms. The van der Waals surface area contributed by atoms with Crippen LogP contribution in [0.1, 0.15) is 11.3 Å². The van der Waals surface area contributed by atoms with Gasteiger partial charge in [-0.1, -0.05) is 42.5 Å². The molecule has 2 heterocycles. The Hall–Kier alpha value is -3.67. The average molecular weight is 362 g/mol. The molecule has 0 spiro atoms. The summed E-state index contributed by atoms with van der Waals surface area (Å²) in [5, 5.41) is 2.56. The average Bonchev–Trinajstić information content (AvgIpc) is 3.23. The van der Waals surface area contributed by atoms with Gasteiger partial charge >= 0.3 is 6.03 Å². The number of carbonyl (C=O) groups is 2. The SMILES string of the molecule is O=C1N/C(=C\c2ccc(-c3cccc(F)c3)o2)C(=O)N1Cc1ccccc1. The lowest BCUT2D eigenvalue weighted by atomic mass is 10.2. The summed E-state index contributed by atoms with van der Waals surface area (Å²) in [6.07, 6.45) is 1.47. The third kappa shape index (κ3) is 3.50. The van der Waals surface area contributed by atoms with Crippen LogP contribution in [0.25, 0.3) is 17.4 Å². The second-order valence-electron chi connectivity index (χ2n) is 6.08. The zero-order chi connectivity index (χ0) is 18.8. The monoisotopic (exact) mass is 362 g/mol. The first-order valence-corrected chi connectivity index (χ1v) is 8.34. The summed E-state index contributed by atoms with van der Waals surface area (Å²) in [5.74, 6) is 0.0740. The van der Waals surface area contributed by atoms with Crippen LogP contribution in [-0.2, 0) is 11.3 Å². The van der Waals surface area contributed by atoms with Crippen LogP contribution in [0.4, 0.5) is 9.18 Å². The third-order valence-electron chi connectivity index (χ3n) is 4.17. The molecule has 0 saturated carbocycles. The third-order valence-corrected chi connectivity index (χ3v) is 4.17. The van der Waals surface area contributed by atoms with Gasteiger partial charge in [0.25, 0.3) is 5.91 Å². The minimum Gasteiger partial charge on any atom is -0.457 e. The number of imide groups is 1. The lowest BCUT2D eigenvalue weighted by Crippen LogP contribution is -2.30. The molecule has 1 saturated heterocycles. The Balaban J connectivity index is 1.54. The fourth-order valence-corrected chi connectivity index (χ4v) is 2.85. The highest BCUT2D eigenvalue weighted by Crippen LogP contribution is 2.25. The highest BCUT2D eigenvalue weighted by molar-refractivity contribution is 6.13. The van der Waals surface area contributed by atoms with E-state index in [-0.39, 0.29) is 18.1 Å². The number of hydrogen-bond acceptors (Lipinski definition) is 3. The molecule has 4 rings (SSSR count). The van der Waals surface area contributed by atoms with Gasteiger partial charge in [0.05, 0.1) is 6.54 Å². The van der Waals surface area contributed by atoms with E-state index in [1.807, 2.05) is 30.3 Å². The lowest BCUT2D eigenvalue weighted by molar-refractivity contribution is -0.123. The van der Waals surface area contributed by atoms with Crippen molar-refractivity contribution >= 4 is 18.0 Å². The van der Waals surface area contributed by atoms with Crippen molar-refractivity contribution in [2.75, 3.05) is 0 Å². The molecule has 0 bridgehead atoms. The van der Waals surface area contributed by atoms with E-state index >= 15 is 0 Å². The Bertz CT molecular complexity index is 1040. The Kier molecular flexibility index (Phi) is 4.30. The van der Waals surface area contributed by atoms with E-state index in [0.29, 0.717) is 17.1 Å². The number of rotatable bonds is 4. The smallest absolute Gasteiger partial charge is 0.329 e. The van der Waals surface area contributed by atoms with E-state index in [1.54, 1.807) is 24.3 Å². The summed E-state index contributed by atoms with van der Waals surface area (Å²) in [6.45, 7) is 0.190. The maximum atomic E-state index is 13.4. The summed E-state index contributed by atoms with van der Waals surface area (Å²) in [6, 6.07) is 18.2. The standard InChI is InChI=1S/C21H15FN2O3/c22-16-8-4-7-15(11-16)19-10-9-17(27-19)12-18-20(25)24(21(26)23-18)13-14-5-2-1-3-6-14/h1-12H,13H2,(H,23,26)/b18-12-. The molecule has 3 aromatic rings. The number of carbonyl (C=O) groups excluding carboxylic acids is 2. The molecular weight excluding hydrogens is 347 g/mol. The van der Waals surface area contributed by atoms with E-state index < -0.39 is 11.9 Å². The summed E-state index contributed by atoms with van der Waals surface area (Å²) in [7, 11) is 0. The largest absolute Gasteiger partial charge is 0.457 e. The number of nitrogens with zero attached hydrogens (tertiary/aromatic N) is 1. The van der Waals surface area contributed by atoms with Gasteiger partial charge < -0.3 is 9.73 Å². The highest BCUT2D eigenvalue weighted by atomic mass is 19.1. The maximum Gasteiger partial charge on any atom is 0.329 e. The molecule has 0 radical (unpaired) electrons. The van der Waals surface area contributed by atoms with Gasteiger partial charge in [0.15, 0.2) is 0 Å². The van der Waals surface area contributed by atoms with Crippen LogP contribution in [0.2, 0.25) is 0 Å². The molecule has 0 aliphatic carbocycles. The minimum absolute atomic E-state index is 0.135. The molecule has 1 aliphatic rings. The first-order chi connectivity index (χ1) is 13.1. The fourth-order valence-electron chi connectivity index (χ4n) is 2.85. The number of hydrogen-bond donors (Lipinski definition) is 1. The van der Waals surface area contributed by atoms with Gasteiger partial charge in [0, 0.05) is 11.6 Å². The zero-order valence-corrected chi connectivity index (χ0v) is 14.2. The van der Waals surface area contributed by atoms with Gasteiger partial charge in [-0.25, -0.2) is 9.18 Å². The van der Waals surface area contributed by atoms with Crippen molar-refractivity contribution in [3.05, 3.63) is 89.6 Å². The maximum absolute atomic E-state index is 13.4. The molecule has 2 aromatic carbocycles. The van der Waals surface area contributed by atoms with Crippen LogP contribution in [0.5, 0.6) is 0 Å². The van der Waals surface area contributed by atoms with Crippen LogP contribution < -0.4 is 5.32 Å². The quantitative estimate of drug-likeness (QED) is 0.559. The van der Waals surface area contributed by atoms with Crippen molar-refractivity contribution in [1.82, 2.24) is 10.2 Å². The predicted octanol–water partition coefficient (Wildman–Crippen LogP) is 4.18. The van der Waals surface area contributed by atoms with Gasteiger partial charge in [-0.2, -0.15) is 0 Å². The number of nitrogens with one attached hydrogen (secondary N) is 1. The first-order valence-electron chi connectivity index (χ1n) is 8.34. The zero-order valence-electron chi connectivity index (χ0n) is 14.2. The van der Waals surface area contributed by atoms with Gasteiger partial charge in [0.2, 0.25) is 0 Å². The fraction of sp³-hybridized carbons (Fsp3) is 0.0476. The second kappa shape index (κ2) is 6.92. The van der Waals surface area contributed by atoms with Gasteiger partial charge in [-0.15, -0.1) is 0 Å². The number of halogens is 1. The van der Waals surface area contributed by atoms with E-state index in [9.17, 15) is 14.0 Å². The van der Waals surface area contributed by atoms with Crippen LogP contribution in [0.15, 0.2) is 76.8 Å². The topological polar surface area (TPSA) is 62.6 Å². The van der Waals surface area contributed by atoms with E-state index in [0.717, 1.165) is 10.5 Å². The van der Waals surface area contributed by atoms with E-state index in [4.69, 9.17) is 4.42 Å². The van der Waals surface area contributed by atoms with Crippen molar-refractivity contribution in [2.45, 2.75) is 6.54 Å². The van der Waals surface area contributed by atoms with Crippen LogP contribution in [-0.4, -0.2) is 16.8 Å². The summed E-state index contributed by atoms with van der Waals surface area (Å²) in [4.78, 5) is 25.8. The molecule has 3 amide bonds. The van der Waals surface area contributed by atoms with Crippen molar-refractivity contribution in [3.8, 4) is 11.3 Å². The minimum atomic E-state index is -0.480. The first kappa shape index (κ1) is 16.8. The molecule has 1 aliphatic heterocycles. The van der Waals surface area contributed by atoms with Crippen LogP contribution in [0.3, 0.4) is 0 Å². The normalized spacial score (nSPS) is 15.4. The summed E-state index contributed by atoms with van der Waals surface area (Å²) >= 11 is 0. The Morgan fingerprint density at radius 1 is 1.00 bits per heavy atom. The molecule has 1 aromatic heterocycles. The summed E-state index contributed by atoms with van der Waals surface area (Å²) in [5.41, 5.74) is 1.58. The van der Waals surface area contributed by atoms with Crippen molar-refractivity contribution in [1.29, 1.82) is 0 Å². The molecule has 0 atom stereocenters. The van der Waals surface area contributed by atoms with Gasteiger partial charge in [-0.3, -0.25) is 9.69 Å². The highest BCUT2D eigenvalue weighted by Gasteiger charge is 2.33. The number of furan rings is 1. The van der Waals surface area contributed by atoms with Crippen molar-refractivity contribution in [2.24, 2.45) is 0 Å². The molecule has 1 N–H and O–H groups in total. The number of urea groups is 1. The van der Waals surface area contributed by atoms with E-state index in [2.05, 4.69) is 5.32 Å². The van der Waals surface area contributed by atoms with E-state index in [1.165, 1.54) is 18.2 Å². The lowest BCUT2D eigenvalue weighted by Gasteiger charge is -2.11. The van der Waals surface area contributed by atoms with Gasteiger partial charge in [-0.05, 0) is 29.8 Å². The second-order valence-corrected chi connectivity index (χ2v) is 6.08. The number of amides is 3. The van der Waals surface area contributed by atoms with Gasteiger partial charge in [0.1, 0.15) is 23.0 Å². The molecule has 27 heavy (non-hydrogen) atoms. The van der Waals surface area contributed by atoms with Crippen molar-refractivity contribution < 1.29 is 18.4 Å². The Morgan fingerprint density at radius 3 is 2.59 bits per heavy atom.